The number of hydrogen-bond acceptors (Lipinski definition) is 4. The molecule has 0 amide bonds. The summed E-state index contributed by atoms with van der Waals surface area (Å²) in [5, 5.41) is 9.80. The summed E-state index contributed by atoms with van der Waals surface area (Å²) in [6, 6.07) is 8.82. The molecule has 0 bridgehead atoms. The van der Waals surface area contributed by atoms with Crippen LogP contribution in [0, 0.1) is 0 Å². The third kappa shape index (κ3) is 3.07. The largest absolute Gasteiger partial charge is 0.399 e. The molecule has 2 aliphatic heterocycles. The molecule has 4 nitrogen and oxygen atoms in total. The number of aliphatic hydroxyl groups is 1. The molecule has 4 heteroatoms. The Balaban J connectivity index is 1.55. The fraction of sp³-hybridized carbons (Fsp3) is 0.625. The number of rotatable bonds is 2. The zero-order valence-corrected chi connectivity index (χ0v) is 12.0. The Kier molecular flexibility index (Phi) is 4.13. The van der Waals surface area contributed by atoms with Crippen LogP contribution in [0.2, 0.25) is 0 Å². The van der Waals surface area contributed by atoms with Crippen molar-refractivity contribution in [2.24, 2.45) is 0 Å². The maximum atomic E-state index is 9.80. The predicted octanol–water partition coefficient (Wildman–Crippen LogP) is 1.69. The highest BCUT2D eigenvalue weighted by atomic mass is 16.3. The van der Waals surface area contributed by atoms with Gasteiger partial charge in [-0.3, -0.25) is 4.90 Å². The molecular weight excluding hydrogens is 250 g/mol. The standard InChI is InChI=1S/C16H25N3O/c17-13-3-5-14(6-4-13)18-10-7-15(8-11-18)19-9-1-2-16(20)12-19/h3-6,15-16,20H,1-2,7-12,17H2. The van der Waals surface area contributed by atoms with Crippen LogP contribution in [0.15, 0.2) is 24.3 Å². The van der Waals surface area contributed by atoms with Gasteiger partial charge in [0.25, 0.3) is 0 Å². The quantitative estimate of drug-likeness (QED) is 0.807. The molecule has 20 heavy (non-hydrogen) atoms. The zero-order chi connectivity index (χ0) is 13.9. The summed E-state index contributed by atoms with van der Waals surface area (Å²) in [5.74, 6) is 0. The number of aliphatic hydroxyl groups excluding tert-OH is 1. The molecular formula is C16H25N3O. The predicted molar refractivity (Wildman–Crippen MR) is 82.9 cm³/mol. The molecule has 0 saturated carbocycles. The van der Waals surface area contributed by atoms with Crippen molar-refractivity contribution in [3.05, 3.63) is 24.3 Å². The highest BCUT2D eigenvalue weighted by Crippen LogP contribution is 2.25. The number of likely N-dealkylation sites (tertiary alicyclic amines) is 1. The third-order valence-corrected chi connectivity index (χ3v) is 4.67. The Morgan fingerprint density at radius 3 is 2.35 bits per heavy atom. The lowest BCUT2D eigenvalue weighted by Gasteiger charge is -2.42. The maximum Gasteiger partial charge on any atom is 0.0667 e. The summed E-state index contributed by atoms with van der Waals surface area (Å²) in [5.41, 5.74) is 7.84. The van der Waals surface area contributed by atoms with Crippen molar-refractivity contribution >= 4 is 11.4 Å². The second-order valence-electron chi connectivity index (χ2n) is 6.10. The van der Waals surface area contributed by atoms with E-state index in [2.05, 4.69) is 21.9 Å². The van der Waals surface area contributed by atoms with E-state index in [1.807, 2.05) is 12.1 Å². The lowest BCUT2D eigenvalue weighted by atomic mass is 9.98. The van der Waals surface area contributed by atoms with Crippen LogP contribution in [0.1, 0.15) is 25.7 Å². The Bertz CT molecular complexity index is 426. The summed E-state index contributed by atoms with van der Waals surface area (Å²) < 4.78 is 0. The third-order valence-electron chi connectivity index (χ3n) is 4.67. The molecule has 0 radical (unpaired) electrons. The average molecular weight is 275 g/mol. The van der Waals surface area contributed by atoms with Crippen LogP contribution in [0.4, 0.5) is 11.4 Å². The molecule has 1 aromatic carbocycles. The molecule has 2 fully saturated rings. The molecule has 1 aromatic rings. The lowest BCUT2D eigenvalue weighted by molar-refractivity contribution is 0.0398. The first kappa shape index (κ1) is 13.7. The van der Waals surface area contributed by atoms with Gasteiger partial charge in [-0.05, 0) is 56.5 Å². The van der Waals surface area contributed by atoms with Crippen molar-refractivity contribution in [3.8, 4) is 0 Å². The Morgan fingerprint density at radius 1 is 1.00 bits per heavy atom. The van der Waals surface area contributed by atoms with Crippen LogP contribution in [-0.2, 0) is 0 Å². The maximum absolute atomic E-state index is 9.80. The number of piperidine rings is 2. The SMILES string of the molecule is Nc1ccc(N2CCC(N3CCCC(O)C3)CC2)cc1. The van der Waals surface area contributed by atoms with Gasteiger partial charge in [0.1, 0.15) is 0 Å². The topological polar surface area (TPSA) is 52.7 Å². The normalized spacial score (nSPS) is 25.9. The Hall–Kier alpha value is -1.26. The molecule has 2 heterocycles. The molecule has 1 unspecified atom stereocenters. The van der Waals surface area contributed by atoms with E-state index in [1.165, 1.54) is 18.5 Å². The van der Waals surface area contributed by atoms with Gasteiger partial charge in [0.15, 0.2) is 0 Å². The van der Waals surface area contributed by atoms with Gasteiger partial charge in [-0.1, -0.05) is 0 Å². The summed E-state index contributed by atoms with van der Waals surface area (Å²) in [6.07, 6.45) is 4.38. The summed E-state index contributed by atoms with van der Waals surface area (Å²) in [6.45, 7) is 4.22. The number of nitrogens with zero attached hydrogens (tertiary/aromatic N) is 2. The Labute approximate surface area is 121 Å². The van der Waals surface area contributed by atoms with E-state index in [-0.39, 0.29) is 6.10 Å². The molecule has 3 N–H and O–H groups in total. The molecule has 1 atom stereocenters. The summed E-state index contributed by atoms with van der Waals surface area (Å²) in [7, 11) is 0. The molecule has 3 rings (SSSR count). The fourth-order valence-corrected chi connectivity index (χ4v) is 3.49. The van der Waals surface area contributed by atoms with Gasteiger partial charge >= 0.3 is 0 Å². The van der Waals surface area contributed by atoms with E-state index >= 15 is 0 Å². The summed E-state index contributed by atoms with van der Waals surface area (Å²) in [4.78, 5) is 4.94. The van der Waals surface area contributed by atoms with Gasteiger partial charge in [0.2, 0.25) is 0 Å². The first-order valence-corrected chi connectivity index (χ1v) is 7.75. The molecule has 0 spiro atoms. The second kappa shape index (κ2) is 6.02. The van der Waals surface area contributed by atoms with Crippen molar-refractivity contribution in [1.82, 2.24) is 4.90 Å². The van der Waals surface area contributed by atoms with Crippen molar-refractivity contribution in [2.75, 3.05) is 36.8 Å². The smallest absolute Gasteiger partial charge is 0.0667 e. The van der Waals surface area contributed by atoms with Crippen molar-refractivity contribution in [1.29, 1.82) is 0 Å². The van der Waals surface area contributed by atoms with Crippen LogP contribution in [0.5, 0.6) is 0 Å². The zero-order valence-electron chi connectivity index (χ0n) is 12.0. The first-order chi connectivity index (χ1) is 9.72. The van der Waals surface area contributed by atoms with E-state index in [1.54, 1.807) is 0 Å². The van der Waals surface area contributed by atoms with E-state index in [4.69, 9.17) is 5.73 Å². The van der Waals surface area contributed by atoms with Crippen LogP contribution in [0.3, 0.4) is 0 Å². The van der Waals surface area contributed by atoms with Gasteiger partial charge in [0.05, 0.1) is 6.10 Å². The van der Waals surface area contributed by atoms with Gasteiger partial charge in [0, 0.05) is 37.1 Å². The van der Waals surface area contributed by atoms with Gasteiger partial charge in [-0.15, -0.1) is 0 Å². The van der Waals surface area contributed by atoms with Gasteiger partial charge in [-0.2, -0.15) is 0 Å². The monoisotopic (exact) mass is 275 g/mol. The average Bonchev–Trinajstić information content (AvgIpc) is 2.48. The number of nitrogen functional groups attached to an aromatic ring is 1. The van der Waals surface area contributed by atoms with E-state index < -0.39 is 0 Å². The molecule has 2 saturated heterocycles. The minimum atomic E-state index is -0.112. The van der Waals surface area contributed by atoms with Gasteiger partial charge in [-0.25, -0.2) is 0 Å². The number of anilines is 2. The minimum Gasteiger partial charge on any atom is -0.399 e. The summed E-state index contributed by atoms with van der Waals surface area (Å²) >= 11 is 0. The van der Waals surface area contributed by atoms with Gasteiger partial charge < -0.3 is 15.7 Å². The van der Waals surface area contributed by atoms with Crippen molar-refractivity contribution in [2.45, 2.75) is 37.8 Å². The second-order valence-corrected chi connectivity index (χ2v) is 6.10. The van der Waals surface area contributed by atoms with Crippen LogP contribution < -0.4 is 10.6 Å². The van der Waals surface area contributed by atoms with E-state index in [0.717, 1.165) is 44.7 Å². The minimum absolute atomic E-state index is 0.112. The Morgan fingerprint density at radius 2 is 1.70 bits per heavy atom. The van der Waals surface area contributed by atoms with E-state index in [9.17, 15) is 5.11 Å². The highest BCUT2D eigenvalue weighted by molar-refractivity contribution is 5.53. The molecule has 0 aliphatic carbocycles. The number of nitrogens with two attached hydrogens (primary N) is 1. The number of benzene rings is 1. The van der Waals surface area contributed by atoms with Crippen molar-refractivity contribution < 1.29 is 5.11 Å². The lowest BCUT2D eigenvalue weighted by Crippen LogP contribution is -2.49. The molecule has 2 aliphatic rings. The van der Waals surface area contributed by atoms with E-state index in [0.29, 0.717) is 6.04 Å². The molecule has 110 valence electrons. The van der Waals surface area contributed by atoms with Crippen LogP contribution >= 0.6 is 0 Å². The van der Waals surface area contributed by atoms with Crippen LogP contribution in [0.25, 0.3) is 0 Å². The highest BCUT2D eigenvalue weighted by Gasteiger charge is 2.28. The molecule has 0 aromatic heterocycles. The van der Waals surface area contributed by atoms with Crippen molar-refractivity contribution in [3.63, 3.8) is 0 Å². The number of hydrogen-bond donors (Lipinski definition) is 2. The van der Waals surface area contributed by atoms with Crippen LogP contribution in [-0.4, -0.2) is 48.3 Å². The number of β-amino-alcohol motifs (C(OH)–C–C–N with tert-alkyl or cyclic N) is 1. The first-order valence-electron chi connectivity index (χ1n) is 7.75. The fourth-order valence-electron chi connectivity index (χ4n) is 3.49.